The molecule has 0 fully saturated rings. The minimum absolute atomic E-state index is 0.361. The standard InChI is InChI=1S/C13H11F3N2O2/c14-13(15,16)12(11(19)20)7-4-8-17-10(12)18-9-5-2-1-3-6-9/h1-8,10,18H,(H,19,20). The van der Waals surface area contributed by atoms with E-state index in [2.05, 4.69) is 10.3 Å². The van der Waals surface area contributed by atoms with Gasteiger partial charge in [0.05, 0.1) is 0 Å². The number of alkyl halides is 3. The van der Waals surface area contributed by atoms with Crippen LogP contribution in [0.5, 0.6) is 0 Å². The van der Waals surface area contributed by atoms with E-state index >= 15 is 0 Å². The Morgan fingerprint density at radius 2 is 1.95 bits per heavy atom. The number of allylic oxidation sites excluding steroid dienone is 1. The molecule has 0 bridgehead atoms. The van der Waals surface area contributed by atoms with Crippen LogP contribution in [0.4, 0.5) is 18.9 Å². The lowest BCUT2D eigenvalue weighted by molar-refractivity contribution is -0.220. The van der Waals surface area contributed by atoms with Gasteiger partial charge in [0.1, 0.15) is 6.17 Å². The molecule has 1 aromatic rings. The molecule has 1 aliphatic rings. The topological polar surface area (TPSA) is 61.7 Å². The highest BCUT2D eigenvalue weighted by Crippen LogP contribution is 2.45. The summed E-state index contributed by atoms with van der Waals surface area (Å²) in [6, 6.07) is 8.03. The van der Waals surface area contributed by atoms with Crippen molar-refractivity contribution >= 4 is 17.9 Å². The lowest BCUT2D eigenvalue weighted by Crippen LogP contribution is -2.55. The number of aliphatic carboxylic acids is 1. The van der Waals surface area contributed by atoms with E-state index in [0.29, 0.717) is 11.8 Å². The number of dihydropyridines is 1. The van der Waals surface area contributed by atoms with Crippen LogP contribution in [0, 0.1) is 5.41 Å². The Labute approximate surface area is 112 Å². The minimum Gasteiger partial charge on any atom is -0.480 e. The van der Waals surface area contributed by atoms with Crippen LogP contribution in [0.3, 0.4) is 0 Å². The summed E-state index contributed by atoms with van der Waals surface area (Å²) < 4.78 is 39.8. The third kappa shape index (κ3) is 2.26. The molecule has 0 amide bonds. The molecule has 4 nitrogen and oxygen atoms in total. The number of nitrogens with one attached hydrogen (secondary N) is 1. The molecule has 106 valence electrons. The number of carboxylic acid groups (broad SMARTS) is 1. The van der Waals surface area contributed by atoms with Crippen molar-refractivity contribution in [3.63, 3.8) is 0 Å². The highest BCUT2D eigenvalue weighted by atomic mass is 19.4. The van der Waals surface area contributed by atoms with Gasteiger partial charge in [0.2, 0.25) is 5.41 Å². The average molecular weight is 284 g/mol. The van der Waals surface area contributed by atoms with Crippen LogP contribution >= 0.6 is 0 Å². The summed E-state index contributed by atoms with van der Waals surface area (Å²) in [5.41, 5.74) is -2.72. The van der Waals surface area contributed by atoms with Crippen LogP contribution in [0.1, 0.15) is 0 Å². The van der Waals surface area contributed by atoms with Crippen LogP contribution < -0.4 is 5.32 Å². The van der Waals surface area contributed by atoms with Gasteiger partial charge in [-0.05, 0) is 18.2 Å². The highest BCUT2D eigenvalue weighted by molar-refractivity contribution is 5.85. The molecule has 1 aliphatic heterocycles. The molecule has 0 radical (unpaired) electrons. The monoisotopic (exact) mass is 284 g/mol. The number of carboxylic acids is 1. The SMILES string of the molecule is O=C(O)C1(C(F)(F)F)C=CC=NC1Nc1ccccc1. The Kier molecular flexibility index (Phi) is 3.52. The number of rotatable bonds is 3. The molecule has 0 spiro atoms. The molecule has 20 heavy (non-hydrogen) atoms. The van der Waals surface area contributed by atoms with E-state index in [1.807, 2.05) is 0 Å². The van der Waals surface area contributed by atoms with Crippen molar-refractivity contribution < 1.29 is 23.1 Å². The van der Waals surface area contributed by atoms with E-state index in [1.165, 1.54) is 12.1 Å². The van der Waals surface area contributed by atoms with E-state index < -0.39 is 23.7 Å². The van der Waals surface area contributed by atoms with Gasteiger partial charge in [-0.3, -0.25) is 9.79 Å². The Bertz CT molecular complexity index is 554. The van der Waals surface area contributed by atoms with E-state index in [1.54, 1.807) is 18.2 Å². The predicted octanol–water partition coefficient (Wildman–Crippen LogP) is 2.70. The van der Waals surface area contributed by atoms with Gasteiger partial charge in [-0.1, -0.05) is 24.3 Å². The molecule has 0 saturated carbocycles. The molecule has 2 unspecified atom stereocenters. The van der Waals surface area contributed by atoms with Crippen molar-refractivity contribution in [3.05, 3.63) is 42.5 Å². The number of carbonyl (C=O) groups is 1. The van der Waals surface area contributed by atoms with E-state index in [4.69, 9.17) is 5.11 Å². The second-order valence-corrected chi connectivity index (χ2v) is 4.24. The van der Waals surface area contributed by atoms with Gasteiger partial charge in [0, 0.05) is 11.9 Å². The molecule has 1 aromatic carbocycles. The van der Waals surface area contributed by atoms with Crippen LogP contribution in [0.25, 0.3) is 0 Å². The van der Waals surface area contributed by atoms with Crippen LogP contribution in [0.15, 0.2) is 47.5 Å². The average Bonchev–Trinajstić information content (AvgIpc) is 2.39. The summed E-state index contributed by atoms with van der Waals surface area (Å²) in [6.07, 6.45) is -3.88. The highest BCUT2D eigenvalue weighted by Gasteiger charge is 2.64. The van der Waals surface area contributed by atoms with Gasteiger partial charge < -0.3 is 10.4 Å². The first-order valence-electron chi connectivity index (χ1n) is 5.70. The van der Waals surface area contributed by atoms with Crippen LogP contribution in [0.2, 0.25) is 0 Å². The Hall–Kier alpha value is -2.31. The minimum atomic E-state index is -4.97. The van der Waals surface area contributed by atoms with E-state index in [9.17, 15) is 18.0 Å². The number of para-hydroxylation sites is 1. The maximum atomic E-state index is 13.3. The Balaban J connectivity index is 2.41. The van der Waals surface area contributed by atoms with Crippen molar-refractivity contribution in [2.45, 2.75) is 12.3 Å². The molecular weight excluding hydrogens is 273 g/mol. The summed E-state index contributed by atoms with van der Waals surface area (Å²) in [6.45, 7) is 0. The molecule has 2 rings (SSSR count). The van der Waals surface area contributed by atoms with Crippen molar-refractivity contribution in [2.24, 2.45) is 10.4 Å². The van der Waals surface area contributed by atoms with Crippen LogP contribution in [-0.4, -0.2) is 29.6 Å². The van der Waals surface area contributed by atoms with Crippen molar-refractivity contribution in [2.75, 3.05) is 5.32 Å². The number of hydrogen-bond donors (Lipinski definition) is 2. The zero-order chi connectivity index (χ0) is 14.8. The summed E-state index contributed by atoms with van der Waals surface area (Å²) in [4.78, 5) is 14.9. The Morgan fingerprint density at radius 1 is 1.30 bits per heavy atom. The largest absolute Gasteiger partial charge is 0.480 e. The number of anilines is 1. The molecule has 0 saturated heterocycles. The fraction of sp³-hybridized carbons (Fsp3) is 0.231. The second kappa shape index (κ2) is 4.99. The number of benzene rings is 1. The molecule has 2 N–H and O–H groups in total. The fourth-order valence-electron chi connectivity index (χ4n) is 1.94. The van der Waals surface area contributed by atoms with Gasteiger partial charge in [-0.2, -0.15) is 13.2 Å². The number of aliphatic imine (C=N–C) groups is 1. The quantitative estimate of drug-likeness (QED) is 0.897. The molecule has 2 atom stereocenters. The van der Waals surface area contributed by atoms with E-state index in [0.717, 1.165) is 12.3 Å². The first-order valence-corrected chi connectivity index (χ1v) is 5.70. The molecule has 0 aliphatic carbocycles. The number of hydrogen-bond acceptors (Lipinski definition) is 3. The van der Waals surface area contributed by atoms with Gasteiger partial charge >= 0.3 is 12.1 Å². The zero-order valence-electron chi connectivity index (χ0n) is 10.1. The third-order valence-electron chi connectivity index (χ3n) is 3.01. The summed E-state index contributed by atoms with van der Waals surface area (Å²) in [7, 11) is 0. The van der Waals surface area contributed by atoms with Gasteiger partial charge in [-0.25, -0.2) is 0 Å². The first-order chi connectivity index (χ1) is 9.38. The maximum Gasteiger partial charge on any atom is 0.412 e. The van der Waals surface area contributed by atoms with E-state index in [-0.39, 0.29) is 0 Å². The first kappa shape index (κ1) is 14.1. The summed E-state index contributed by atoms with van der Waals surface area (Å²) in [5.74, 6) is -1.99. The van der Waals surface area contributed by atoms with Gasteiger partial charge in [0.25, 0.3) is 0 Å². The van der Waals surface area contributed by atoms with Crippen molar-refractivity contribution in [3.8, 4) is 0 Å². The second-order valence-electron chi connectivity index (χ2n) is 4.24. The zero-order valence-corrected chi connectivity index (χ0v) is 10.1. The number of halogens is 3. The predicted molar refractivity (Wildman–Crippen MR) is 67.6 cm³/mol. The molecule has 7 heteroatoms. The lowest BCUT2D eigenvalue weighted by atomic mass is 9.82. The summed E-state index contributed by atoms with van der Waals surface area (Å²) >= 11 is 0. The van der Waals surface area contributed by atoms with Gasteiger partial charge in [-0.15, -0.1) is 0 Å². The number of nitrogens with zero attached hydrogens (tertiary/aromatic N) is 1. The maximum absolute atomic E-state index is 13.3. The Morgan fingerprint density at radius 3 is 2.50 bits per heavy atom. The normalized spacial score (nSPS) is 25.4. The van der Waals surface area contributed by atoms with Crippen molar-refractivity contribution in [1.82, 2.24) is 0 Å². The fourth-order valence-corrected chi connectivity index (χ4v) is 1.94. The molecular formula is C13H11F3N2O2. The van der Waals surface area contributed by atoms with Crippen LogP contribution in [-0.2, 0) is 4.79 Å². The smallest absolute Gasteiger partial charge is 0.412 e. The lowest BCUT2D eigenvalue weighted by Gasteiger charge is -2.36. The molecule has 0 aromatic heterocycles. The van der Waals surface area contributed by atoms with Gasteiger partial charge in [0.15, 0.2) is 0 Å². The van der Waals surface area contributed by atoms with Crippen molar-refractivity contribution in [1.29, 1.82) is 0 Å². The molecule has 1 heterocycles. The third-order valence-corrected chi connectivity index (χ3v) is 3.01. The summed E-state index contributed by atoms with van der Waals surface area (Å²) in [5, 5.41) is 11.6.